The second-order valence-electron chi connectivity index (χ2n) is 6.21. The summed E-state index contributed by atoms with van der Waals surface area (Å²) >= 11 is 0. The lowest BCUT2D eigenvalue weighted by atomic mass is 10.1. The van der Waals surface area contributed by atoms with Crippen molar-refractivity contribution in [2.75, 3.05) is 25.5 Å². The van der Waals surface area contributed by atoms with E-state index in [1.165, 1.54) is 0 Å². The summed E-state index contributed by atoms with van der Waals surface area (Å²) in [5, 5.41) is 3.01. The fourth-order valence-corrected chi connectivity index (χ4v) is 3.01. The SMILES string of the molecule is CN(C)c1ccc(CNC(=O)N2CCCC2c2ccncc2)cn1. The first kappa shape index (κ1) is 16.2. The van der Waals surface area contributed by atoms with E-state index >= 15 is 0 Å². The van der Waals surface area contributed by atoms with Gasteiger partial charge in [-0.3, -0.25) is 4.98 Å². The Hall–Kier alpha value is -2.63. The van der Waals surface area contributed by atoms with Crippen LogP contribution in [0.15, 0.2) is 42.9 Å². The average Bonchev–Trinajstić information content (AvgIpc) is 3.10. The Morgan fingerprint density at radius 1 is 1.29 bits per heavy atom. The van der Waals surface area contributed by atoms with Gasteiger partial charge in [0.15, 0.2) is 0 Å². The number of nitrogens with zero attached hydrogens (tertiary/aromatic N) is 4. The fraction of sp³-hybridized carbons (Fsp3) is 0.389. The molecule has 1 saturated heterocycles. The molecule has 0 bridgehead atoms. The van der Waals surface area contributed by atoms with Gasteiger partial charge in [-0.15, -0.1) is 0 Å². The van der Waals surface area contributed by atoms with Crippen LogP contribution in [0.3, 0.4) is 0 Å². The molecule has 6 nitrogen and oxygen atoms in total. The van der Waals surface area contributed by atoms with E-state index in [0.29, 0.717) is 6.54 Å². The summed E-state index contributed by atoms with van der Waals surface area (Å²) in [7, 11) is 3.91. The third-order valence-electron chi connectivity index (χ3n) is 4.32. The molecule has 0 spiro atoms. The van der Waals surface area contributed by atoms with E-state index in [1.807, 2.05) is 48.2 Å². The normalized spacial score (nSPS) is 16.9. The molecule has 0 aromatic carbocycles. The van der Waals surface area contributed by atoms with E-state index in [4.69, 9.17) is 0 Å². The molecular formula is C18H23N5O. The fourth-order valence-electron chi connectivity index (χ4n) is 3.01. The van der Waals surface area contributed by atoms with Gasteiger partial charge in [-0.25, -0.2) is 9.78 Å². The Labute approximate surface area is 142 Å². The topological polar surface area (TPSA) is 61.4 Å². The van der Waals surface area contributed by atoms with Gasteiger partial charge in [0.2, 0.25) is 0 Å². The van der Waals surface area contributed by atoms with Crippen molar-refractivity contribution >= 4 is 11.8 Å². The first-order valence-corrected chi connectivity index (χ1v) is 8.22. The molecule has 0 aliphatic carbocycles. The van der Waals surface area contributed by atoms with Crippen LogP contribution in [0.4, 0.5) is 10.6 Å². The quantitative estimate of drug-likeness (QED) is 0.938. The highest BCUT2D eigenvalue weighted by Gasteiger charge is 2.29. The zero-order valence-corrected chi connectivity index (χ0v) is 14.1. The van der Waals surface area contributed by atoms with Gasteiger partial charge in [-0.2, -0.15) is 0 Å². The molecule has 1 fully saturated rings. The molecule has 0 radical (unpaired) electrons. The first-order valence-electron chi connectivity index (χ1n) is 8.22. The second-order valence-corrected chi connectivity index (χ2v) is 6.21. The number of carbonyl (C=O) groups is 1. The largest absolute Gasteiger partial charge is 0.363 e. The van der Waals surface area contributed by atoms with Crippen molar-refractivity contribution in [1.82, 2.24) is 20.2 Å². The van der Waals surface area contributed by atoms with Crippen molar-refractivity contribution in [3.63, 3.8) is 0 Å². The van der Waals surface area contributed by atoms with Gasteiger partial charge in [-0.05, 0) is 42.2 Å². The molecule has 1 aliphatic heterocycles. The molecule has 24 heavy (non-hydrogen) atoms. The van der Waals surface area contributed by atoms with E-state index in [-0.39, 0.29) is 12.1 Å². The van der Waals surface area contributed by atoms with Crippen LogP contribution in [0.1, 0.15) is 30.0 Å². The summed E-state index contributed by atoms with van der Waals surface area (Å²) in [6.07, 6.45) is 7.39. The lowest BCUT2D eigenvalue weighted by Gasteiger charge is -2.25. The van der Waals surface area contributed by atoms with Crippen LogP contribution in [-0.2, 0) is 6.54 Å². The maximum absolute atomic E-state index is 12.5. The summed E-state index contributed by atoms with van der Waals surface area (Å²) in [6.45, 7) is 1.27. The van der Waals surface area contributed by atoms with Crippen LogP contribution in [0.5, 0.6) is 0 Å². The molecule has 3 rings (SSSR count). The molecule has 3 heterocycles. The maximum Gasteiger partial charge on any atom is 0.318 e. The van der Waals surface area contributed by atoms with Crippen molar-refractivity contribution in [3.8, 4) is 0 Å². The van der Waals surface area contributed by atoms with Gasteiger partial charge < -0.3 is 15.1 Å². The van der Waals surface area contributed by atoms with Gasteiger partial charge in [0.25, 0.3) is 0 Å². The van der Waals surface area contributed by atoms with Crippen molar-refractivity contribution in [1.29, 1.82) is 0 Å². The number of carbonyl (C=O) groups excluding carboxylic acids is 1. The zero-order chi connectivity index (χ0) is 16.9. The standard InChI is InChI=1S/C18H23N5O/c1-22(2)17-6-5-14(12-20-17)13-21-18(24)23-11-3-4-16(23)15-7-9-19-10-8-15/h5-10,12,16H,3-4,11,13H2,1-2H3,(H,21,24). The molecule has 0 saturated carbocycles. The minimum absolute atomic E-state index is 0.0222. The number of likely N-dealkylation sites (tertiary alicyclic amines) is 1. The Kier molecular flexibility index (Phi) is 4.93. The van der Waals surface area contributed by atoms with Crippen LogP contribution < -0.4 is 10.2 Å². The smallest absolute Gasteiger partial charge is 0.318 e. The van der Waals surface area contributed by atoms with E-state index in [1.54, 1.807) is 18.6 Å². The lowest BCUT2D eigenvalue weighted by Crippen LogP contribution is -2.39. The number of hydrogen-bond acceptors (Lipinski definition) is 4. The van der Waals surface area contributed by atoms with Crippen molar-refractivity contribution < 1.29 is 4.79 Å². The number of pyridine rings is 2. The second kappa shape index (κ2) is 7.29. The Morgan fingerprint density at radius 3 is 2.75 bits per heavy atom. The van der Waals surface area contributed by atoms with Gasteiger partial charge >= 0.3 is 6.03 Å². The summed E-state index contributed by atoms with van der Waals surface area (Å²) in [5.74, 6) is 0.905. The Balaban J connectivity index is 1.60. The van der Waals surface area contributed by atoms with E-state index in [0.717, 1.165) is 36.3 Å². The predicted molar refractivity (Wildman–Crippen MR) is 93.7 cm³/mol. The van der Waals surface area contributed by atoms with Crippen LogP contribution in [0.25, 0.3) is 0 Å². The highest BCUT2D eigenvalue weighted by atomic mass is 16.2. The molecule has 2 aromatic heterocycles. The van der Waals surface area contributed by atoms with Gasteiger partial charge in [-0.1, -0.05) is 6.07 Å². The Bertz CT molecular complexity index is 672. The molecular weight excluding hydrogens is 302 g/mol. The summed E-state index contributed by atoms with van der Waals surface area (Å²) in [5.41, 5.74) is 2.14. The van der Waals surface area contributed by atoms with E-state index in [2.05, 4.69) is 15.3 Å². The van der Waals surface area contributed by atoms with E-state index in [9.17, 15) is 4.79 Å². The molecule has 126 valence electrons. The zero-order valence-electron chi connectivity index (χ0n) is 14.1. The first-order chi connectivity index (χ1) is 11.6. The van der Waals surface area contributed by atoms with Crippen LogP contribution in [0.2, 0.25) is 0 Å². The average molecular weight is 325 g/mol. The molecule has 1 unspecified atom stereocenters. The third kappa shape index (κ3) is 3.64. The number of aromatic nitrogens is 2. The molecule has 1 aliphatic rings. The molecule has 6 heteroatoms. The summed E-state index contributed by atoms with van der Waals surface area (Å²) in [6, 6.07) is 8.04. The van der Waals surface area contributed by atoms with Gasteiger partial charge in [0.1, 0.15) is 5.82 Å². The minimum Gasteiger partial charge on any atom is -0.363 e. The van der Waals surface area contributed by atoms with Crippen molar-refractivity contribution in [2.45, 2.75) is 25.4 Å². The summed E-state index contributed by atoms with van der Waals surface area (Å²) in [4.78, 5) is 24.8. The van der Waals surface area contributed by atoms with Crippen LogP contribution in [0, 0.1) is 0 Å². The van der Waals surface area contributed by atoms with Crippen LogP contribution in [-0.4, -0.2) is 41.5 Å². The van der Waals surface area contributed by atoms with Crippen molar-refractivity contribution in [3.05, 3.63) is 54.0 Å². The molecule has 1 N–H and O–H groups in total. The third-order valence-corrected chi connectivity index (χ3v) is 4.32. The highest BCUT2D eigenvalue weighted by Crippen LogP contribution is 2.31. The molecule has 2 amide bonds. The number of rotatable bonds is 4. The maximum atomic E-state index is 12.5. The van der Waals surface area contributed by atoms with Crippen molar-refractivity contribution in [2.24, 2.45) is 0 Å². The number of urea groups is 1. The Morgan fingerprint density at radius 2 is 2.08 bits per heavy atom. The highest BCUT2D eigenvalue weighted by molar-refractivity contribution is 5.75. The molecule has 2 aromatic rings. The predicted octanol–water partition coefficient (Wildman–Crippen LogP) is 2.59. The summed E-state index contributed by atoms with van der Waals surface area (Å²) < 4.78 is 0. The molecule has 1 atom stereocenters. The monoisotopic (exact) mass is 325 g/mol. The lowest BCUT2D eigenvalue weighted by molar-refractivity contribution is 0.192. The van der Waals surface area contributed by atoms with Gasteiger partial charge in [0, 0.05) is 45.8 Å². The number of nitrogens with one attached hydrogen (secondary N) is 1. The van der Waals surface area contributed by atoms with Crippen LogP contribution >= 0.6 is 0 Å². The number of hydrogen-bond donors (Lipinski definition) is 1. The number of amides is 2. The van der Waals surface area contributed by atoms with E-state index < -0.39 is 0 Å². The number of anilines is 1. The van der Waals surface area contributed by atoms with Gasteiger partial charge in [0.05, 0.1) is 6.04 Å². The minimum atomic E-state index is -0.0222.